The third-order valence-corrected chi connectivity index (χ3v) is 1.34. The number of rotatable bonds is 2. The number of benzene rings is 1. The smallest absolute Gasteiger partial charge is 0.228 e. The summed E-state index contributed by atoms with van der Waals surface area (Å²) in [6.45, 7) is -1.04. The molecule has 0 atom stereocenters. The molecule has 0 radical (unpaired) electrons. The predicted molar refractivity (Wildman–Crippen MR) is 38.0 cm³/mol. The Morgan fingerprint density at radius 2 is 2.18 bits per heavy atom. The lowest BCUT2D eigenvalue weighted by atomic mass is 10.3. The van der Waals surface area contributed by atoms with E-state index >= 15 is 0 Å². The van der Waals surface area contributed by atoms with Crippen molar-refractivity contribution in [3.8, 4) is 5.75 Å². The molecule has 4 heteroatoms. The van der Waals surface area contributed by atoms with Gasteiger partial charge >= 0.3 is 0 Å². The number of halogens is 3. The molecule has 60 valence electrons. The minimum Gasteiger partial charge on any atom is -0.460 e. The number of alkyl halides is 1. The zero-order valence-electron chi connectivity index (χ0n) is 5.48. The molecular formula is C7H5ClF2O. The monoisotopic (exact) mass is 178 g/mol. The normalized spacial score (nSPS) is 9.73. The minimum absolute atomic E-state index is 0.128. The molecular weight excluding hydrogens is 174 g/mol. The molecule has 0 spiro atoms. The SMILES string of the molecule is FCOc1ccc(Cl)cc1F. The van der Waals surface area contributed by atoms with Crippen LogP contribution in [0.1, 0.15) is 0 Å². The molecule has 0 N–H and O–H groups in total. The Morgan fingerprint density at radius 1 is 1.45 bits per heavy atom. The zero-order valence-corrected chi connectivity index (χ0v) is 6.24. The van der Waals surface area contributed by atoms with Gasteiger partial charge in [0.15, 0.2) is 11.6 Å². The zero-order chi connectivity index (χ0) is 8.27. The maximum Gasteiger partial charge on any atom is 0.228 e. The van der Waals surface area contributed by atoms with Crippen LogP contribution in [0.25, 0.3) is 0 Å². The molecule has 0 fully saturated rings. The first-order valence-electron chi connectivity index (χ1n) is 2.88. The van der Waals surface area contributed by atoms with Crippen LogP contribution in [-0.2, 0) is 0 Å². The molecule has 0 aromatic heterocycles. The van der Waals surface area contributed by atoms with E-state index in [1.807, 2.05) is 0 Å². The number of ether oxygens (including phenoxy) is 1. The van der Waals surface area contributed by atoms with Crippen LogP contribution in [0.3, 0.4) is 0 Å². The summed E-state index contributed by atoms with van der Waals surface area (Å²) in [5.74, 6) is -0.785. The fourth-order valence-corrected chi connectivity index (χ4v) is 0.810. The van der Waals surface area contributed by atoms with Crippen LogP contribution in [0.15, 0.2) is 18.2 Å². The third kappa shape index (κ3) is 2.05. The molecule has 0 bridgehead atoms. The van der Waals surface area contributed by atoms with E-state index in [1.165, 1.54) is 12.1 Å². The van der Waals surface area contributed by atoms with Crippen LogP contribution in [0.2, 0.25) is 5.02 Å². The van der Waals surface area contributed by atoms with E-state index in [9.17, 15) is 8.78 Å². The highest BCUT2D eigenvalue weighted by Crippen LogP contribution is 2.20. The van der Waals surface area contributed by atoms with Gasteiger partial charge in [-0.1, -0.05) is 11.6 Å². The second kappa shape index (κ2) is 3.53. The molecule has 0 aliphatic rings. The van der Waals surface area contributed by atoms with Gasteiger partial charge in [-0.2, -0.15) is 0 Å². The number of hydrogen-bond acceptors (Lipinski definition) is 1. The highest BCUT2D eigenvalue weighted by Gasteiger charge is 2.02. The molecule has 1 nitrogen and oxygen atoms in total. The Labute approximate surface area is 67.5 Å². The lowest BCUT2D eigenvalue weighted by Crippen LogP contribution is -1.92. The van der Waals surface area contributed by atoms with Crippen molar-refractivity contribution in [2.75, 3.05) is 6.86 Å². The molecule has 0 aliphatic heterocycles. The van der Waals surface area contributed by atoms with Crippen molar-refractivity contribution >= 4 is 11.6 Å². The molecule has 1 aromatic rings. The first-order valence-corrected chi connectivity index (χ1v) is 3.25. The average molecular weight is 179 g/mol. The fraction of sp³-hybridized carbons (Fsp3) is 0.143. The van der Waals surface area contributed by atoms with Gasteiger partial charge in [0.1, 0.15) is 0 Å². The van der Waals surface area contributed by atoms with Crippen LogP contribution in [0, 0.1) is 5.82 Å². The third-order valence-electron chi connectivity index (χ3n) is 1.10. The van der Waals surface area contributed by atoms with Crippen molar-refractivity contribution in [2.45, 2.75) is 0 Å². The lowest BCUT2D eigenvalue weighted by molar-refractivity contribution is 0.184. The highest BCUT2D eigenvalue weighted by molar-refractivity contribution is 6.30. The Kier molecular flexibility index (Phi) is 2.65. The van der Waals surface area contributed by atoms with E-state index in [0.29, 0.717) is 0 Å². The Morgan fingerprint density at radius 3 is 2.73 bits per heavy atom. The summed E-state index contributed by atoms with van der Waals surface area (Å²) in [6.07, 6.45) is 0. The van der Waals surface area contributed by atoms with Crippen LogP contribution < -0.4 is 4.74 Å². The Bertz CT molecular complexity index is 252. The summed E-state index contributed by atoms with van der Waals surface area (Å²) in [4.78, 5) is 0. The van der Waals surface area contributed by atoms with Crippen molar-refractivity contribution < 1.29 is 13.5 Å². The summed E-state index contributed by atoms with van der Waals surface area (Å²) in [5.41, 5.74) is 0. The first kappa shape index (κ1) is 8.27. The van der Waals surface area contributed by atoms with Crippen molar-refractivity contribution in [2.24, 2.45) is 0 Å². The van der Waals surface area contributed by atoms with Gasteiger partial charge in [0.25, 0.3) is 0 Å². The van der Waals surface area contributed by atoms with Gasteiger partial charge in [0, 0.05) is 5.02 Å². The van der Waals surface area contributed by atoms with Crippen molar-refractivity contribution in [3.05, 3.63) is 29.0 Å². The maximum absolute atomic E-state index is 12.7. The van der Waals surface area contributed by atoms with Gasteiger partial charge in [-0.25, -0.2) is 8.78 Å². The van der Waals surface area contributed by atoms with E-state index in [0.717, 1.165) is 6.07 Å². The molecule has 0 saturated carbocycles. The molecule has 1 rings (SSSR count). The van der Waals surface area contributed by atoms with Crippen molar-refractivity contribution in [1.82, 2.24) is 0 Å². The standard InChI is InChI=1S/C7H5ClF2O/c8-5-1-2-7(11-4-9)6(10)3-5/h1-3H,4H2. The molecule has 11 heavy (non-hydrogen) atoms. The Hall–Kier alpha value is -0.830. The van der Waals surface area contributed by atoms with Crippen LogP contribution in [0.4, 0.5) is 8.78 Å². The summed E-state index contributed by atoms with van der Waals surface area (Å²) in [7, 11) is 0. The topological polar surface area (TPSA) is 9.23 Å². The molecule has 0 amide bonds. The van der Waals surface area contributed by atoms with E-state index in [4.69, 9.17) is 11.6 Å². The maximum atomic E-state index is 12.7. The summed E-state index contributed by atoms with van der Waals surface area (Å²) >= 11 is 5.43. The number of hydrogen-bond donors (Lipinski definition) is 0. The average Bonchev–Trinajstić information content (AvgIpc) is 1.95. The van der Waals surface area contributed by atoms with Gasteiger partial charge in [-0.15, -0.1) is 0 Å². The molecule has 1 aromatic carbocycles. The largest absolute Gasteiger partial charge is 0.460 e. The van der Waals surface area contributed by atoms with E-state index in [1.54, 1.807) is 0 Å². The molecule has 0 heterocycles. The Balaban J connectivity index is 2.90. The van der Waals surface area contributed by atoms with Crippen LogP contribution in [-0.4, -0.2) is 6.86 Å². The van der Waals surface area contributed by atoms with Crippen molar-refractivity contribution in [1.29, 1.82) is 0 Å². The van der Waals surface area contributed by atoms with Crippen molar-refractivity contribution in [3.63, 3.8) is 0 Å². The van der Waals surface area contributed by atoms with Gasteiger partial charge in [-0.3, -0.25) is 0 Å². The van der Waals surface area contributed by atoms with E-state index in [2.05, 4.69) is 4.74 Å². The summed E-state index contributed by atoms with van der Waals surface area (Å²) in [5, 5.41) is 0.258. The molecule has 0 aliphatic carbocycles. The second-order valence-electron chi connectivity index (χ2n) is 1.83. The minimum atomic E-state index is -1.04. The highest BCUT2D eigenvalue weighted by atomic mass is 35.5. The fourth-order valence-electron chi connectivity index (χ4n) is 0.651. The predicted octanol–water partition coefficient (Wildman–Crippen LogP) is 2.78. The summed E-state index contributed by atoms with van der Waals surface area (Å²) < 4.78 is 28.5. The van der Waals surface area contributed by atoms with Gasteiger partial charge < -0.3 is 4.74 Å². The second-order valence-corrected chi connectivity index (χ2v) is 2.26. The lowest BCUT2D eigenvalue weighted by Gasteiger charge is -2.01. The molecule has 0 saturated heterocycles. The van der Waals surface area contributed by atoms with Gasteiger partial charge in [0.2, 0.25) is 6.86 Å². The van der Waals surface area contributed by atoms with Crippen LogP contribution in [0.5, 0.6) is 5.75 Å². The van der Waals surface area contributed by atoms with Crippen LogP contribution >= 0.6 is 11.6 Å². The van der Waals surface area contributed by atoms with Gasteiger partial charge in [0.05, 0.1) is 0 Å². The summed E-state index contributed by atoms with van der Waals surface area (Å²) in [6, 6.07) is 3.76. The van der Waals surface area contributed by atoms with E-state index < -0.39 is 12.7 Å². The first-order chi connectivity index (χ1) is 5.24. The van der Waals surface area contributed by atoms with E-state index in [-0.39, 0.29) is 10.8 Å². The van der Waals surface area contributed by atoms with Gasteiger partial charge in [-0.05, 0) is 18.2 Å². The molecule has 0 unspecified atom stereocenters. The quantitative estimate of drug-likeness (QED) is 0.677.